The highest BCUT2D eigenvalue weighted by Gasteiger charge is 2.12. The highest BCUT2D eigenvalue weighted by molar-refractivity contribution is 7.91. The standard InChI is InChI=1S/C12H12ClN3O2S/c13-10-4-5-15-12(7-10)16-19(17,18)8-9-2-1-3-11(14)6-9/h1-7H,8,14H2,(H,15,16). The Morgan fingerprint density at radius 3 is 2.74 bits per heavy atom. The molecule has 5 nitrogen and oxygen atoms in total. The van der Waals surface area contributed by atoms with Gasteiger partial charge in [-0.15, -0.1) is 0 Å². The molecule has 0 amide bonds. The quantitative estimate of drug-likeness (QED) is 0.848. The van der Waals surface area contributed by atoms with E-state index in [0.29, 0.717) is 16.3 Å². The van der Waals surface area contributed by atoms with Gasteiger partial charge in [-0.05, 0) is 23.8 Å². The number of hydrogen-bond acceptors (Lipinski definition) is 4. The number of anilines is 2. The molecule has 0 saturated carbocycles. The monoisotopic (exact) mass is 297 g/mol. The summed E-state index contributed by atoms with van der Waals surface area (Å²) in [6, 6.07) is 9.72. The van der Waals surface area contributed by atoms with Crippen molar-refractivity contribution >= 4 is 33.1 Å². The Morgan fingerprint density at radius 1 is 1.26 bits per heavy atom. The molecule has 100 valence electrons. The number of aromatic nitrogens is 1. The molecular weight excluding hydrogens is 286 g/mol. The Morgan fingerprint density at radius 2 is 2.05 bits per heavy atom. The van der Waals surface area contributed by atoms with E-state index in [1.165, 1.54) is 12.3 Å². The maximum Gasteiger partial charge on any atom is 0.238 e. The first-order valence-corrected chi connectivity index (χ1v) is 7.44. The molecule has 0 bridgehead atoms. The van der Waals surface area contributed by atoms with Crippen LogP contribution >= 0.6 is 11.6 Å². The van der Waals surface area contributed by atoms with E-state index in [9.17, 15) is 8.42 Å². The number of pyridine rings is 1. The molecule has 7 heteroatoms. The van der Waals surface area contributed by atoms with Crippen molar-refractivity contribution in [1.29, 1.82) is 0 Å². The molecule has 1 aromatic heterocycles. The summed E-state index contributed by atoms with van der Waals surface area (Å²) in [5.74, 6) is 0.0167. The summed E-state index contributed by atoms with van der Waals surface area (Å²) in [7, 11) is -3.55. The van der Waals surface area contributed by atoms with Crippen molar-refractivity contribution in [2.24, 2.45) is 0 Å². The Hall–Kier alpha value is -1.79. The first kappa shape index (κ1) is 13.6. The number of rotatable bonds is 4. The summed E-state index contributed by atoms with van der Waals surface area (Å²) >= 11 is 5.76. The largest absolute Gasteiger partial charge is 0.399 e. The van der Waals surface area contributed by atoms with Crippen LogP contribution in [-0.2, 0) is 15.8 Å². The molecule has 3 N–H and O–H groups in total. The van der Waals surface area contributed by atoms with Gasteiger partial charge in [0.15, 0.2) is 0 Å². The van der Waals surface area contributed by atoms with E-state index in [1.807, 2.05) is 0 Å². The van der Waals surface area contributed by atoms with E-state index in [4.69, 9.17) is 17.3 Å². The normalized spacial score (nSPS) is 11.2. The van der Waals surface area contributed by atoms with Crippen molar-refractivity contribution in [3.63, 3.8) is 0 Å². The fourth-order valence-corrected chi connectivity index (χ4v) is 2.84. The number of nitrogen functional groups attached to an aromatic ring is 1. The van der Waals surface area contributed by atoms with Crippen LogP contribution in [0.2, 0.25) is 5.02 Å². The van der Waals surface area contributed by atoms with Crippen LogP contribution in [-0.4, -0.2) is 13.4 Å². The summed E-state index contributed by atoms with van der Waals surface area (Å²) in [6.07, 6.45) is 1.43. The van der Waals surface area contributed by atoms with Crippen molar-refractivity contribution in [2.45, 2.75) is 5.75 Å². The molecule has 0 spiro atoms. The number of benzene rings is 1. The third kappa shape index (κ3) is 4.11. The van der Waals surface area contributed by atoms with Crippen molar-refractivity contribution in [2.75, 3.05) is 10.5 Å². The third-order valence-corrected chi connectivity index (χ3v) is 3.76. The molecule has 1 aromatic carbocycles. The number of nitrogens with two attached hydrogens (primary N) is 1. The molecule has 1 heterocycles. The second kappa shape index (κ2) is 5.46. The number of hydrogen-bond donors (Lipinski definition) is 2. The van der Waals surface area contributed by atoms with Gasteiger partial charge in [0.2, 0.25) is 10.0 Å². The molecule has 2 aromatic rings. The smallest absolute Gasteiger partial charge is 0.238 e. The SMILES string of the molecule is Nc1cccc(CS(=O)(=O)Nc2cc(Cl)ccn2)c1. The van der Waals surface area contributed by atoms with E-state index in [0.717, 1.165) is 0 Å². The Balaban J connectivity index is 2.15. The number of sulfonamides is 1. The molecule has 0 atom stereocenters. The predicted molar refractivity (Wildman–Crippen MR) is 76.3 cm³/mol. The van der Waals surface area contributed by atoms with Gasteiger partial charge >= 0.3 is 0 Å². The third-order valence-electron chi connectivity index (χ3n) is 2.29. The molecule has 0 radical (unpaired) electrons. The van der Waals surface area contributed by atoms with Gasteiger partial charge in [0.05, 0.1) is 5.75 Å². The average molecular weight is 298 g/mol. The maximum absolute atomic E-state index is 12.0. The highest BCUT2D eigenvalue weighted by Crippen LogP contribution is 2.15. The number of nitrogens with one attached hydrogen (secondary N) is 1. The molecule has 0 unspecified atom stereocenters. The van der Waals surface area contributed by atoms with Crippen LogP contribution in [0.4, 0.5) is 11.5 Å². The van der Waals surface area contributed by atoms with E-state index in [-0.39, 0.29) is 11.6 Å². The number of nitrogens with zero attached hydrogens (tertiary/aromatic N) is 1. The molecule has 0 fully saturated rings. The van der Waals surface area contributed by atoms with Crippen molar-refractivity contribution < 1.29 is 8.42 Å². The predicted octanol–water partition coefficient (Wildman–Crippen LogP) is 2.26. The topological polar surface area (TPSA) is 85.1 Å². The lowest BCUT2D eigenvalue weighted by molar-refractivity contribution is 0.600. The molecule has 0 saturated heterocycles. The minimum Gasteiger partial charge on any atom is -0.399 e. The van der Waals surface area contributed by atoms with Crippen LogP contribution in [0.1, 0.15) is 5.56 Å². The Kier molecular flexibility index (Phi) is 3.92. The van der Waals surface area contributed by atoms with E-state index >= 15 is 0 Å². The number of halogens is 1. The van der Waals surface area contributed by atoms with Crippen LogP contribution < -0.4 is 10.5 Å². The van der Waals surface area contributed by atoms with E-state index < -0.39 is 10.0 Å². The summed E-state index contributed by atoms with van der Waals surface area (Å²) in [4.78, 5) is 3.88. The lowest BCUT2D eigenvalue weighted by atomic mass is 10.2. The summed E-state index contributed by atoms with van der Waals surface area (Å²) in [6.45, 7) is 0. The fourth-order valence-electron chi connectivity index (χ4n) is 1.56. The first-order valence-electron chi connectivity index (χ1n) is 5.41. The molecule has 0 aliphatic heterocycles. The Bertz CT molecular complexity index is 635. The van der Waals surface area contributed by atoms with Gasteiger partial charge in [0, 0.05) is 23.0 Å². The van der Waals surface area contributed by atoms with Gasteiger partial charge in [0.25, 0.3) is 0 Å². The molecule has 0 aliphatic carbocycles. The second-order valence-corrected chi connectivity index (χ2v) is 6.12. The van der Waals surface area contributed by atoms with Gasteiger partial charge in [0.1, 0.15) is 5.82 Å². The minimum absolute atomic E-state index is 0.174. The first-order chi connectivity index (χ1) is 8.94. The lowest BCUT2D eigenvalue weighted by Crippen LogP contribution is -2.15. The van der Waals surface area contributed by atoms with Crippen molar-refractivity contribution in [3.8, 4) is 0 Å². The zero-order chi connectivity index (χ0) is 13.9. The van der Waals surface area contributed by atoms with E-state index in [1.54, 1.807) is 30.3 Å². The molecule has 2 rings (SSSR count). The highest BCUT2D eigenvalue weighted by atomic mass is 35.5. The van der Waals surface area contributed by atoms with E-state index in [2.05, 4.69) is 9.71 Å². The fraction of sp³-hybridized carbons (Fsp3) is 0.0833. The van der Waals surface area contributed by atoms with Gasteiger partial charge < -0.3 is 5.73 Å². The van der Waals surface area contributed by atoms with Crippen LogP contribution in [0.15, 0.2) is 42.6 Å². The summed E-state index contributed by atoms with van der Waals surface area (Å²) in [5.41, 5.74) is 6.73. The second-order valence-electron chi connectivity index (χ2n) is 3.97. The van der Waals surface area contributed by atoms with Crippen molar-refractivity contribution in [3.05, 3.63) is 53.2 Å². The van der Waals surface area contributed by atoms with Crippen LogP contribution in [0.3, 0.4) is 0 Å². The van der Waals surface area contributed by atoms with Crippen LogP contribution in [0.25, 0.3) is 0 Å². The van der Waals surface area contributed by atoms with Crippen LogP contribution in [0.5, 0.6) is 0 Å². The van der Waals surface area contributed by atoms with Gasteiger partial charge in [-0.1, -0.05) is 23.7 Å². The average Bonchev–Trinajstić information content (AvgIpc) is 2.27. The maximum atomic E-state index is 12.0. The zero-order valence-corrected chi connectivity index (χ0v) is 11.4. The summed E-state index contributed by atoms with van der Waals surface area (Å²) in [5, 5.41) is 0.414. The molecule has 19 heavy (non-hydrogen) atoms. The Labute approximate surface area is 116 Å². The van der Waals surface area contributed by atoms with Crippen LogP contribution in [0, 0.1) is 0 Å². The van der Waals surface area contributed by atoms with Gasteiger partial charge in [-0.25, -0.2) is 13.4 Å². The van der Waals surface area contributed by atoms with Gasteiger partial charge in [-0.3, -0.25) is 4.72 Å². The zero-order valence-electron chi connectivity index (χ0n) is 9.88. The van der Waals surface area contributed by atoms with Gasteiger partial charge in [-0.2, -0.15) is 0 Å². The summed E-state index contributed by atoms with van der Waals surface area (Å²) < 4.78 is 26.3. The molecule has 0 aliphatic rings. The van der Waals surface area contributed by atoms with Crippen molar-refractivity contribution in [1.82, 2.24) is 4.98 Å². The molecular formula is C12H12ClN3O2S. The lowest BCUT2D eigenvalue weighted by Gasteiger charge is -2.07. The minimum atomic E-state index is -3.55.